The van der Waals surface area contributed by atoms with E-state index in [4.69, 9.17) is 11.6 Å². The second-order valence-electron chi connectivity index (χ2n) is 5.80. The molecule has 0 saturated carbocycles. The molecule has 0 aliphatic carbocycles. The molecule has 2 N–H and O–H groups in total. The summed E-state index contributed by atoms with van der Waals surface area (Å²) in [4.78, 5) is 12.4. The van der Waals surface area contributed by atoms with Crippen LogP contribution in [-0.4, -0.2) is 42.3 Å². The topological polar surface area (TPSA) is 113 Å². The first-order chi connectivity index (χ1) is 12.4. The minimum absolute atomic E-state index is 0.0682. The van der Waals surface area contributed by atoms with Crippen LogP contribution in [-0.2, 0) is 20.0 Å². The normalized spacial score (nSPS) is 11.7. The highest BCUT2D eigenvalue weighted by Crippen LogP contribution is 2.25. The van der Waals surface area contributed by atoms with Crippen LogP contribution in [0.5, 0.6) is 0 Å². The Labute approximate surface area is 163 Å². The summed E-state index contributed by atoms with van der Waals surface area (Å²) in [5.74, 6) is -0.484. The third-order valence-corrected chi connectivity index (χ3v) is 5.60. The lowest BCUT2D eigenvalue weighted by molar-refractivity contribution is 0.102. The maximum absolute atomic E-state index is 12.4. The Balaban J connectivity index is 2.22. The van der Waals surface area contributed by atoms with E-state index in [9.17, 15) is 21.6 Å². The number of benzene rings is 2. The Kier molecular flexibility index (Phi) is 6.03. The average molecular weight is 432 g/mol. The average Bonchev–Trinajstić information content (AvgIpc) is 2.54. The Morgan fingerprint density at radius 2 is 1.70 bits per heavy atom. The van der Waals surface area contributed by atoms with Crippen LogP contribution in [0.3, 0.4) is 0 Å². The lowest BCUT2D eigenvalue weighted by Crippen LogP contribution is -2.24. The van der Waals surface area contributed by atoms with E-state index in [-0.39, 0.29) is 16.3 Å². The summed E-state index contributed by atoms with van der Waals surface area (Å²) in [5.41, 5.74) is 1.15. The largest absolute Gasteiger partial charge is 0.322 e. The van der Waals surface area contributed by atoms with Crippen LogP contribution >= 0.6 is 11.6 Å². The van der Waals surface area contributed by atoms with Gasteiger partial charge in [-0.2, -0.15) is 0 Å². The molecule has 146 valence electrons. The summed E-state index contributed by atoms with van der Waals surface area (Å²) in [5, 5.41) is 2.71. The zero-order valence-electron chi connectivity index (χ0n) is 14.7. The molecule has 0 saturated heterocycles. The zero-order chi connectivity index (χ0) is 20.4. The highest BCUT2D eigenvalue weighted by atomic mass is 35.5. The molecule has 0 spiro atoms. The molecular weight excluding hydrogens is 414 g/mol. The van der Waals surface area contributed by atoms with Gasteiger partial charge in [-0.05, 0) is 36.4 Å². The fourth-order valence-corrected chi connectivity index (χ4v) is 3.47. The number of carbonyl (C=O) groups excluding carboxylic acids is 1. The molecule has 0 aromatic heterocycles. The van der Waals surface area contributed by atoms with Crippen molar-refractivity contribution in [1.29, 1.82) is 0 Å². The number of rotatable bonds is 6. The van der Waals surface area contributed by atoms with Crippen molar-refractivity contribution in [2.24, 2.45) is 0 Å². The van der Waals surface area contributed by atoms with E-state index in [1.165, 1.54) is 31.3 Å². The van der Waals surface area contributed by atoms with E-state index in [1.807, 2.05) is 0 Å². The maximum atomic E-state index is 12.4. The SMILES string of the molecule is CN(c1cccc(NC(=O)c2ccc(NS(C)(=O)=O)c(Cl)c2)c1)S(C)(=O)=O. The van der Waals surface area contributed by atoms with Gasteiger partial charge in [-0.25, -0.2) is 16.8 Å². The van der Waals surface area contributed by atoms with Crippen LogP contribution in [0.15, 0.2) is 42.5 Å². The number of anilines is 3. The monoisotopic (exact) mass is 431 g/mol. The van der Waals surface area contributed by atoms with Crippen LogP contribution in [0.1, 0.15) is 10.4 Å². The van der Waals surface area contributed by atoms with Crippen LogP contribution in [0.2, 0.25) is 5.02 Å². The Bertz CT molecular complexity index is 1080. The number of amides is 1. The van der Waals surface area contributed by atoms with Gasteiger partial charge in [-0.3, -0.25) is 13.8 Å². The summed E-state index contributed by atoms with van der Waals surface area (Å²) in [6.07, 6.45) is 2.07. The van der Waals surface area contributed by atoms with E-state index in [1.54, 1.807) is 18.2 Å². The number of nitrogens with zero attached hydrogens (tertiary/aromatic N) is 1. The van der Waals surface area contributed by atoms with Crippen LogP contribution < -0.4 is 14.3 Å². The number of sulfonamides is 2. The van der Waals surface area contributed by atoms with Gasteiger partial charge in [0.2, 0.25) is 20.0 Å². The van der Waals surface area contributed by atoms with Crippen molar-refractivity contribution in [2.75, 3.05) is 33.9 Å². The molecule has 0 fully saturated rings. The number of hydrogen-bond acceptors (Lipinski definition) is 5. The van der Waals surface area contributed by atoms with Crippen LogP contribution in [0, 0.1) is 0 Å². The summed E-state index contributed by atoms with van der Waals surface area (Å²) in [7, 11) is -5.52. The van der Waals surface area contributed by atoms with Gasteiger partial charge in [0.15, 0.2) is 0 Å². The molecule has 0 aliphatic rings. The van der Waals surface area contributed by atoms with Gasteiger partial charge < -0.3 is 5.32 Å². The smallest absolute Gasteiger partial charge is 0.255 e. The van der Waals surface area contributed by atoms with E-state index in [0.29, 0.717) is 11.4 Å². The van der Waals surface area contributed by atoms with Gasteiger partial charge >= 0.3 is 0 Å². The quantitative estimate of drug-likeness (QED) is 0.728. The van der Waals surface area contributed by atoms with E-state index < -0.39 is 26.0 Å². The number of halogens is 1. The molecule has 0 heterocycles. The first-order valence-corrected chi connectivity index (χ1v) is 11.6. The van der Waals surface area contributed by atoms with Crippen molar-refractivity contribution < 1.29 is 21.6 Å². The van der Waals surface area contributed by atoms with Crippen LogP contribution in [0.4, 0.5) is 17.1 Å². The number of carbonyl (C=O) groups is 1. The fraction of sp³-hybridized carbons (Fsp3) is 0.188. The van der Waals surface area contributed by atoms with Gasteiger partial charge in [0.05, 0.1) is 28.9 Å². The summed E-state index contributed by atoms with van der Waals surface area (Å²) >= 11 is 6.02. The van der Waals surface area contributed by atoms with Crippen molar-refractivity contribution in [2.45, 2.75) is 0 Å². The molecular formula is C16H18ClN3O5S2. The predicted molar refractivity (Wildman–Crippen MR) is 108 cm³/mol. The molecule has 8 nitrogen and oxygen atoms in total. The summed E-state index contributed by atoms with van der Waals surface area (Å²) < 4.78 is 49.1. The van der Waals surface area contributed by atoms with Crippen molar-refractivity contribution in [1.82, 2.24) is 0 Å². The number of nitrogens with one attached hydrogen (secondary N) is 2. The Morgan fingerprint density at radius 1 is 1.04 bits per heavy atom. The molecule has 0 aliphatic heterocycles. The number of hydrogen-bond donors (Lipinski definition) is 2. The third-order valence-electron chi connectivity index (χ3n) is 3.49. The highest BCUT2D eigenvalue weighted by Gasteiger charge is 2.14. The second kappa shape index (κ2) is 7.75. The molecule has 11 heteroatoms. The molecule has 0 unspecified atom stereocenters. The minimum Gasteiger partial charge on any atom is -0.322 e. The molecule has 0 bridgehead atoms. The summed E-state index contributed by atoms with van der Waals surface area (Å²) in [6, 6.07) is 10.5. The van der Waals surface area contributed by atoms with Crippen molar-refractivity contribution in [3.05, 3.63) is 53.1 Å². The Morgan fingerprint density at radius 3 is 2.26 bits per heavy atom. The third kappa shape index (κ3) is 5.84. The summed E-state index contributed by atoms with van der Waals surface area (Å²) in [6.45, 7) is 0. The maximum Gasteiger partial charge on any atom is 0.255 e. The Hall–Kier alpha value is -2.30. The van der Waals surface area contributed by atoms with Gasteiger partial charge in [-0.15, -0.1) is 0 Å². The molecule has 27 heavy (non-hydrogen) atoms. The first-order valence-electron chi connectivity index (χ1n) is 7.49. The first kappa shape index (κ1) is 21.0. The standard InChI is InChI=1S/C16H18ClN3O5S2/c1-20(27(3,24)25)13-6-4-5-12(10-13)18-16(21)11-7-8-15(14(17)9-11)19-26(2,22)23/h4-10,19H,1-3H3,(H,18,21). The van der Waals surface area contributed by atoms with Crippen molar-refractivity contribution in [3.63, 3.8) is 0 Å². The lowest BCUT2D eigenvalue weighted by Gasteiger charge is -2.17. The van der Waals surface area contributed by atoms with E-state index in [0.717, 1.165) is 16.8 Å². The molecule has 0 atom stereocenters. The van der Waals surface area contributed by atoms with Gasteiger partial charge in [-0.1, -0.05) is 17.7 Å². The predicted octanol–water partition coefficient (Wildman–Crippen LogP) is 2.36. The zero-order valence-corrected chi connectivity index (χ0v) is 17.1. The minimum atomic E-state index is -3.50. The van der Waals surface area contributed by atoms with Crippen molar-refractivity contribution >= 4 is 54.6 Å². The molecule has 0 radical (unpaired) electrons. The van der Waals surface area contributed by atoms with Gasteiger partial charge in [0, 0.05) is 18.3 Å². The molecule has 1 amide bonds. The van der Waals surface area contributed by atoms with E-state index >= 15 is 0 Å². The second-order valence-corrected chi connectivity index (χ2v) is 9.97. The molecule has 2 rings (SSSR count). The van der Waals surface area contributed by atoms with Gasteiger partial charge in [0.1, 0.15) is 0 Å². The fourth-order valence-electron chi connectivity index (χ4n) is 2.11. The molecule has 2 aromatic rings. The van der Waals surface area contributed by atoms with Gasteiger partial charge in [0.25, 0.3) is 5.91 Å². The highest BCUT2D eigenvalue weighted by molar-refractivity contribution is 7.92. The van der Waals surface area contributed by atoms with Crippen LogP contribution in [0.25, 0.3) is 0 Å². The lowest BCUT2D eigenvalue weighted by atomic mass is 10.2. The van der Waals surface area contributed by atoms with E-state index in [2.05, 4.69) is 10.0 Å². The van der Waals surface area contributed by atoms with Crippen molar-refractivity contribution in [3.8, 4) is 0 Å². The molecule has 2 aromatic carbocycles.